The Labute approximate surface area is 194 Å². The first-order chi connectivity index (χ1) is 16.0. The molecule has 0 radical (unpaired) electrons. The standard InChI is InChI=1S/C23H31N3O6S/c1-30-19-7-5-18(6-8-19)20(25-13-15-31-16-14-25)17-24-23(27)21-9-10-22(32-21)33(28,29)26-11-3-2-4-12-26/h5-10,20H,2-4,11-17H2,1H3,(H,24,27). The summed E-state index contributed by atoms with van der Waals surface area (Å²) in [5.41, 5.74) is 1.05. The highest BCUT2D eigenvalue weighted by Crippen LogP contribution is 2.25. The minimum atomic E-state index is -3.72. The van der Waals surface area contributed by atoms with Gasteiger partial charge in [0.1, 0.15) is 5.75 Å². The van der Waals surface area contributed by atoms with E-state index in [2.05, 4.69) is 10.2 Å². The second kappa shape index (κ2) is 10.7. The van der Waals surface area contributed by atoms with Gasteiger partial charge in [-0.25, -0.2) is 8.42 Å². The molecule has 1 aromatic heterocycles. The second-order valence-corrected chi connectivity index (χ2v) is 10.1. The molecular formula is C23H31N3O6S. The van der Waals surface area contributed by atoms with E-state index in [0.29, 0.717) is 32.8 Å². The lowest BCUT2D eigenvalue weighted by Gasteiger charge is -2.34. The van der Waals surface area contributed by atoms with Crippen LogP contribution < -0.4 is 10.1 Å². The van der Waals surface area contributed by atoms with Crippen molar-refractivity contribution in [2.75, 3.05) is 53.0 Å². The molecular weight excluding hydrogens is 446 g/mol. The number of carbonyl (C=O) groups is 1. The monoisotopic (exact) mass is 477 g/mol. The molecule has 1 aromatic carbocycles. The van der Waals surface area contributed by atoms with Crippen LogP contribution in [0.15, 0.2) is 45.9 Å². The van der Waals surface area contributed by atoms with Gasteiger partial charge in [-0.15, -0.1) is 0 Å². The summed E-state index contributed by atoms with van der Waals surface area (Å²) in [6.45, 7) is 4.09. The first-order valence-electron chi connectivity index (χ1n) is 11.3. The molecule has 2 aliphatic heterocycles. The summed E-state index contributed by atoms with van der Waals surface area (Å²) in [5, 5.41) is 2.73. The van der Waals surface area contributed by atoms with Crippen LogP contribution in [-0.4, -0.2) is 76.6 Å². The van der Waals surface area contributed by atoms with E-state index in [9.17, 15) is 13.2 Å². The maximum Gasteiger partial charge on any atom is 0.287 e. The molecule has 2 fully saturated rings. The number of rotatable bonds is 8. The van der Waals surface area contributed by atoms with Crippen molar-refractivity contribution in [1.29, 1.82) is 0 Å². The van der Waals surface area contributed by atoms with Gasteiger partial charge < -0.3 is 19.2 Å². The van der Waals surface area contributed by atoms with E-state index in [0.717, 1.165) is 43.7 Å². The fourth-order valence-corrected chi connectivity index (χ4v) is 5.69. The molecule has 1 unspecified atom stereocenters. The van der Waals surface area contributed by atoms with Gasteiger partial charge in [-0.1, -0.05) is 18.6 Å². The molecule has 2 aliphatic rings. The van der Waals surface area contributed by atoms with Crippen LogP contribution in [-0.2, 0) is 14.8 Å². The number of hydrogen-bond acceptors (Lipinski definition) is 7. The van der Waals surface area contributed by atoms with Gasteiger partial charge in [0.25, 0.3) is 15.9 Å². The number of morpholine rings is 1. The summed E-state index contributed by atoms with van der Waals surface area (Å²) in [4.78, 5) is 15.1. The number of carbonyl (C=O) groups excluding carboxylic acids is 1. The third-order valence-electron chi connectivity index (χ3n) is 6.16. The largest absolute Gasteiger partial charge is 0.497 e. The van der Waals surface area contributed by atoms with Crippen molar-refractivity contribution in [3.8, 4) is 5.75 Å². The molecule has 10 heteroatoms. The Morgan fingerprint density at radius 2 is 1.73 bits per heavy atom. The molecule has 0 bridgehead atoms. The third-order valence-corrected chi connectivity index (χ3v) is 7.93. The molecule has 3 heterocycles. The summed E-state index contributed by atoms with van der Waals surface area (Å²) in [6, 6.07) is 10.5. The Balaban J connectivity index is 1.45. The lowest BCUT2D eigenvalue weighted by Crippen LogP contribution is -2.43. The molecule has 33 heavy (non-hydrogen) atoms. The lowest BCUT2D eigenvalue weighted by atomic mass is 10.0. The number of nitrogens with zero attached hydrogens (tertiary/aromatic N) is 2. The average Bonchev–Trinajstić information content (AvgIpc) is 3.37. The summed E-state index contributed by atoms with van der Waals surface area (Å²) < 4.78 is 43.3. The van der Waals surface area contributed by atoms with Gasteiger partial charge in [0.15, 0.2) is 5.76 Å². The SMILES string of the molecule is COc1ccc(C(CNC(=O)c2ccc(S(=O)(=O)N3CCCCC3)o2)N2CCOCC2)cc1. The fraction of sp³-hybridized carbons (Fsp3) is 0.522. The minimum absolute atomic E-state index is 0.0129. The van der Waals surface area contributed by atoms with Crippen LogP contribution >= 0.6 is 0 Å². The smallest absolute Gasteiger partial charge is 0.287 e. The normalized spacial score (nSPS) is 19.2. The number of amides is 1. The highest BCUT2D eigenvalue weighted by molar-refractivity contribution is 7.89. The molecule has 0 aliphatic carbocycles. The maximum absolute atomic E-state index is 12.8. The van der Waals surface area contributed by atoms with Gasteiger partial charge >= 0.3 is 0 Å². The van der Waals surface area contributed by atoms with Crippen LogP contribution in [0.25, 0.3) is 0 Å². The summed E-state index contributed by atoms with van der Waals surface area (Å²) in [5.74, 6) is 0.310. The predicted octanol–water partition coefficient (Wildman–Crippen LogP) is 2.27. The van der Waals surface area contributed by atoms with Gasteiger partial charge in [0.05, 0.1) is 26.4 Å². The van der Waals surface area contributed by atoms with Crippen LogP contribution in [0.3, 0.4) is 0 Å². The zero-order chi connectivity index (χ0) is 23.3. The molecule has 180 valence electrons. The van der Waals surface area contributed by atoms with E-state index in [1.807, 2.05) is 24.3 Å². The first kappa shape index (κ1) is 23.7. The Hall–Kier alpha value is -2.40. The van der Waals surface area contributed by atoms with E-state index in [4.69, 9.17) is 13.9 Å². The van der Waals surface area contributed by atoms with Crippen molar-refractivity contribution in [3.63, 3.8) is 0 Å². The van der Waals surface area contributed by atoms with Crippen molar-refractivity contribution in [1.82, 2.24) is 14.5 Å². The Bertz CT molecular complexity index is 1020. The van der Waals surface area contributed by atoms with Crippen LogP contribution in [0.4, 0.5) is 0 Å². The van der Waals surface area contributed by atoms with Crippen molar-refractivity contribution in [3.05, 3.63) is 47.7 Å². The molecule has 2 saturated heterocycles. The molecule has 0 saturated carbocycles. The van der Waals surface area contributed by atoms with Gasteiger partial charge in [0.2, 0.25) is 5.09 Å². The molecule has 0 spiro atoms. The fourth-order valence-electron chi connectivity index (χ4n) is 4.26. The number of piperidine rings is 1. The Kier molecular flexibility index (Phi) is 7.69. The summed E-state index contributed by atoms with van der Waals surface area (Å²) in [7, 11) is -2.10. The maximum atomic E-state index is 12.8. The van der Waals surface area contributed by atoms with E-state index < -0.39 is 15.9 Å². The second-order valence-electron chi connectivity index (χ2n) is 8.23. The molecule has 1 atom stereocenters. The number of hydrogen-bond donors (Lipinski definition) is 1. The zero-order valence-electron chi connectivity index (χ0n) is 18.9. The number of sulfonamides is 1. The number of benzene rings is 1. The Morgan fingerprint density at radius 1 is 1.03 bits per heavy atom. The molecule has 2 aromatic rings. The van der Waals surface area contributed by atoms with Crippen molar-refractivity contribution in [2.45, 2.75) is 30.4 Å². The van der Waals surface area contributed by atoms with Crippen LogP contribution in [0, 0.1) is 0 Å². The topological polar surface area (TPSA) is 101 Å². The molecule has 1 amide bonds. The van der Waals surface area contributed by atoms with Gasteiger partial charge in [-0.05, 0) is 42.7 Å². The van der Waals surface area contributed by atoms with E-state index in [-0.39, 0.29) is 16.9 Å². The highest BCUT2D eigenvalue weighted by atomic mass is 32.2. The van der Waals surface area contributed by atoms with E-state index in [1.165, 1.54) is 16.4 Å². The molecule has 4 rings (SSSR count). The first-order valence-corrected chi connectivity index (χ1v) is 12.8. The highest BCUT2D eigenvalue weighted by Gasteiger charge is 2.30. The number of nitrogens with one attached hydrogen (secondary N) is 1. The predicted molar refractivity (Wildman–Crippen MR) is 122 cm³/mol. The minimum Gasteiger partial charge on any atom is -0.497 e. The zero-order valence-corrected chi connectivity index (χ0v) is 19.7. The lowest BCUT2D eigenvalue weighted by molar-refractivity contribution is 0.0161. The third kappa shape index (κ3) is 5.57. The van der Waals surface area contributed by atoms with Gasteiger partial charge in [-0.2, -0.15) is 4.31 Å². The summed E-state index contributed by atoms with van der Waals surface area (Å²) in [6.07, 6.45) is 2.69. The van der Waals surface area contributed by atoms with E-state index in [1.54, 1.807) is 7.11 Å². The van der Waals surface area contributed by atoms with Crippen LogP contribution in [0.5, 0.6) is 5.75 Å². The molecule has 1 N–H and O–H groups in total. The van der Waals surface area contributed by atoms with E-state index >= 15 is 0 Å². The number of furan rings is 1. The molecule has 9 nitrogen and oxygen atoms in total. The Morgan fingerprint density at radius 3 is 2.39 bits per heavy atom. The van der Waals surface area contributed by atoms with Crippen LogP contribution in [0.2, 0.25) is 0 Å². The van der Waals surface area contributed by atoms with Gasteiger partial charge in [-0.3, -0.25) is 9.69 Å². The number of methoxy groups -OCH3 is 1. The van der Waals surface area contributed by atoms with Gasteiger partial charge in [0, 0.05) is 32.7 Å². The quantitative estimate of drug-likeness (QED) is 0.622. The van der Waals surface area contributed by atoms with Crippen LogP contribution in [0.1, 0.15) is 41.4 Å². The van der Waals surface area contributed by atoms with Crippen molar-refractivity contribution >= 4 is 15.9 Å². The van der Waals surface area contributed by atoms with Crippen molar-refractivity contribution in [2.24, 2.45) is 0 Å². The van der Waals surface area contributed by atoms with Crippen molar-refractivity contribution < 1.29 is 27.1 Å². The number of ether oxygens (including phenoxy) is 2. The average molecular weight is 478 g/mol. The summed E-state index contributed by atoms with van der Waals surface area (Å²) >= 11 is 0.